The quantitative estimate of drug-likeness (QED) is 0.418. The minimum atomic E-state index is -0.520. The fraction of sp³-hybridized carbons (Fsp3) is 0.208. The minimum Gasteiger partial charge on any atom is -0.460 e. The molecule has 1 atom stereocenters. The topological polar surface area (TPSA) is 56.8 Å². The van der Waals surface area contributed by atoms with Gasteiger partial charge in [0.1, 0.15) is 11.6 Å². The predicted octanol–water partition coefficient (Wildman–Crippen LogP) is 5.93. The van der Waals surface area contributed by atoms with Gasteiger partial charge in [0.25, 0.3) is 0 Å². The van der Waals surface area contributed by atoms with Gasteiger partial charge in [0, 0.05) is 22.4 Å². The lowest BCUT2D eigenvalue weighted by Gasteiger charge is -2.28. The number of amidine groups is 1. The van der Waals surface area contributed by atoms with Crippen LogP contribution >= 0.6 is 11.8 Å². The molecule has 3 aromatic carbocycles. The molecule has 0 amide bonds. The zero-order valence-corrected chi connectivity index (χ0v) is 17.7. The fourth-order valence-electron chi connectivity index (χ4n) is 3.43. The van der Waals surface area contributed by atoms with Crippen molar-refractivity contribution in [2.45, 2.75) is 32.5 Å². The second-order valence-electron chi connectivity index (χ2n) is 7.20. The molecule has 3 aromatic rings. The first-order valence-electron chi connectivity index (χ1n) is 9.69. The van der Waals surface area contributed by atoms with Gasteiger partial charge in [-0.05, 0) is 37.1 Å². The summed E-state index contributed by atoms with van der Waals surface area (Å²) in [6, 6.07) is 18.7. The SMILES string of the molecule is Cc1cccc(C)c1N=C(N)SCc1cc(F)cc2c1O[C@@H](c1ccccc1)OC2. The van der Waals surface area contributed by atoms with E-state index in [9.17, 15) is 4.39 Å². The van der Waals surface area contributed by atoms with Crippen LogP contribution in [0.4, 0.5) is 10.1 Å². The van der Waals surface area contributed by atoms with Crippen LogP contribution < -0.4 is 10.5 Å². The highest BCUT2D eigenvalue weighted by Crippen LogP contribution is 2.38. The molecule has 0 unspecified atom stereocenters. The van der Waals surface area contributed by atoms with E-state index in [1.54, 1.807) is 0 Å². The number of hydrogen-bond donors (Lipinski definition) is 1. The van der Waals surface area contributed by atoms with E-state index in [0.29, 0.717) is 22.2 Å². The standard InChI is InChI=1S/C24H23FN2O2S/c1-15-7-6-8-16(2)21(15)27-24(26)30-14-19-12-20(25)11-18-13-28-23(29-22(18)19)17-9-4-3-5-10-17/h3-12,23H,13-14H2,1-2H3,(H2,26,27)/t23-/m0/s1. The number of nitrogens with two attached hydrogens (primary N) is 1. The minimum absolute atomic E-state index is 0.288. The molecule has 4 nitrogen and oxygen atoms in total. The van der Waals surface area contributed by atoms with Crippen LogP contribution in [0.5, 0.6) is 5.75 Å². The van der Waals surface area contributed by atoms with Gasteiger partial charge in [-0.1, -0.05) is 60.3 Å². The van der Waals surface area contributed by atoms with Crippen LogP contribution in [0, 0.1) is 19.7 Å². The molecular formula is C24H23FN2O2S. The molecule has 0 fully saturated rings. The lowest BCUT2D eigenvalue weighted by molar-refractivity contribution is -0.112. The lowest BCUT2D eigenvalue weighted by Crippen LogP contribution is -2.19. The van der Waals surface area contributed by atoms with Crippen molar-refractivity contribution in [3.8, 4) is 5.75 Å². The average Bonchev–Trinajstić information content (AvgIpc) is 2.75. The molecule has 1 heterocycles. The number of ether oxygens (including phenoxy) is 2. The third kappa shape index (κ3) is 4.50. The van der Waals surface area contributed by atoms with E-state index in [2.05, 4.69) is 4.99 Å². The Morgan fingerprint density at radius 1 is 1.10 bits per heavy atom. The Balaban J connectivity index is 1.55. The smallest absolute Gasteiger partial charge is 0.227 e. The van der Waals surface area contributed by atoms with Crippen LogP contribution in [0.15, 0.2) is 65.7 Å². The maximum absolute atomic E-state index is 14.2. The highest BCUT2D eigenvalue weighted by atomic mass is 32.2. The van der Waals surface area contributed by atoms with Gasteiger partial charge in [0.05, 0.1) is 12.3 Å². The van der Waals surface area contributed by atoms with E-state index in [1.807, 2.05) is 62.4 Å². The summed E-state index contributed by atoms with van der Waals surface area (Å²) in [6.07, 6.45) is -0.520. The average molecular weight is 423 g/mol. The van der Waals surface area contributed by atoms with E-state index in [1.165, 1.54) is 23.9 Å². The number of para-hydroxylation sites is 1. The molecule has 0 aromatic heterocycles. The monoisotopic (exact) mass is 422 g/mol. The maximum atomic E-state index is 14.2. The molecular weight excluding hydrogens is 399 g/mol. The molecule has 2 N–H and O–H groups in total. The Morgan fingerprint density at radius 2 is 1.83 bits per heavy atom. The van der Waals surface area contributed by atoms with E-state index in [0.717, 1.165) is 27.9 Å². The molecule has 30 heavy (non-hydrogen) atoms. The largest absolute Gasteiger partial charge is 0.460 e. The van der Waals surface area contributed by atoms with Crippen molar-refractivity contribution in [1.82, 2.24) is 0 Å². The molecule has 0 radical (unpaired) electrons. The first-order chi connectivity index (χ1) is 14.5. The highest BCUT2D eigenvalue weighted by molar-refractivity contribution is 8.13. The third-order valence-electron chi connectivity index (χ3n) is 4.93. The molecule has 0 saturated carbocycles. The van der Waals surface area contributed by atoms with Crippen LogP contribution in [0.1, 0.15) is 34.1 Å². The zero-order valence-electron chi connectivity index (χ0n) is 16.9. The molecule has 1 aliphatic heterocycles. The predicted molar refractivity (Wildman–Crippen MR) is 119 cm³/mol. The molecule has 0 bridgehead atoms. The summed E-state index contributed by atoms with van der Waals surface area (Å²) in [4.78, 5) is 4.57. The van der Waals surface area contributed by atoms with E-state index < -0.39 is 6.29 Å². The maximum Gasteiger partial charge on any atom is 0.227 e. The summed E-state index contributed by atoms with van der Waals surface area (Å²) >= 11 is 1.36. The van der Waals surface area contributed by atoms with Gasteiger partial charge >= 0.3 is 0 Å². The van der Waals surface area contributed by atoms with Crippen molar-refractivity contribution < 1.29 is 13.9 Å². The Bertz CT molecular complexity index is 1070. The molecule has 1 aliphatic rings. The number of rotatable bonds is 4. The Hall–Kier alpha value is -2.83. The van der Waals surface area contributed by atoms with Crippen molar-refractivity contribution in [3.05, 3.63) is 94.3 Å². The van der Waals surface area contributed by atoms with Crippen LogP contribution in [0.25, 0.3) is 0 Å². The summed E-state index contributed by atoms with van der Waals surface area (Å²) in [6.45, 7) is 4.30. The Labute approximate surface area is 179 Å². The number of aliphatic imine (C=N–C) groups is 1. The van der Waals surface area contributed by atoms with E-state index >= 15 is 0 Å². The number of aryl methyl sites for hydroxylation is 2. The Morgan fingerprint density at radius 3 is 2.57 bits per heavy atom. The normalized spacial score (nSPS) is 16.1. The van der Waals surface area contributed by atoms with Gasteiger partial charge in [0.15, 0.2) is 5.17 Å². The number of hydrogen-bond acceptors (Lipinski definition) is 4. The van der Waals surface area contributed by atoms with Crippen molar-refractivity contribution in [2.75, 3.05) is 0 Å². The number of thioether (sulfide) groups is 1. The fourth-order valence-corrected chi connectivity index (χ4v) is 4.11. The van der Waals surface area contributed by atoms with Gasteiger partial charge in [-0.3, -0.25) is 0 Å². The number of benzene rings is 3. The highest BCUT2D eigenvalue weighted by Gasteiger charge is 2.25. The van der Waals surface area contributed by atoms with Crippen LogP contribution in [0.3, 0.4) is 0 Å². The summed E-state index contributed by atoms with van der Waals surface area (Å²) < 4.78 is 26.1. The number of halogens is 1. The van der Waals surface area contributed by atoms with Crippen LogP contribution in [-0.2, 0) is 17.1 Å². The summed E-state index contributed by atoms with van der Waals surface area (Å²) in [7, 11) is 0. The van der Waals surface area contributed by atoms with Crippen molar-refractivity contribution in [2.24, 2.45) is 10.7 Å². The first kappa shape index (κ1) is 20.4. The number of nitrogens with zero attached hydrogens (tertiary/aromatic N) is 1. The van der Waals surface area contributed by atoms with Gasteiger partial charge in [-0.2, -0.15) is 0 Å². The summed E-state index contributed by atoms with van der Waals surface area (Å²) in [5.41, 5.74) is 11.5. The number of fused-ring (bicyclic) bond motifs is 1. The van der Waals surface area contributed by atoms with Gasteiger partial charge in [-0.25, -0.2) is 9.38 Å². The van der Waals surface area contributed by atoms with Crippen LogP contribution in [0.2, 0.25) is 0 Å². The molecule has 0 spiro atoms. The van der Waals surface area contributed by atoms with Crippen molar-refractivity contribution in [3.63, 3.8) is 0 Å². The van der Waals surface area contributed by atoms with Gasteiger partial charge in [-0.15, -0.1) is 0 Å². The van der Waals surface area contributed by atoms with Crippen molar-refractivity contribution >= 4 is 22.6 Å². The third-order valence-corrected chi connectivity index (χ3v) is 5.77. The van der Waals surface area contributed by atoms with Crippen LogP contribution in [-0.4, -0.2) is 5.17 Å². The van der Waals surface area contributed by atoms with E-state index in [-0.39, 0.29) is 12.4 Å². The van der Waals surface area contributed by atoms with Gasteiger partial charge < -0.3 is 15.2 Å². The summed E-state index contributed by atoms with van der Waals surface area (Å²) in [5, 5.41) is 0.428. The Kier molecular flexibility index (Phi) is 6.06. The molecule has 154 valence electrons. The molecule has 0 saturated heterocycles. The first-order valence-corrected chi connectivity index (χ1v) is 10.7. The lowest BCUT2D eigenvalue weighted by atomic mass is 10.1. The van der Waals surface area contributed by atoms with Gasteiger partial charge in [0.2, 0.25) is 6.29 Å². The molecule has 4 rings (SSSR count). The molecule has 6 heteroatoms. The second kappa shape index (κ2) is 8.90. The zero-order chi connectivity index (χ0) is 21.1. The molecule has 0 aliphatic carbocycles. The van der Waals surface area contributed by atoms with E-state index in [4.69, 9.17) is 15.2 Å². The summed E-state index contributed by atoms with van der Waals surface area (Å²) in [5.74, 6) is 0.783. The van der Waals surface area contributed by atoms with Crippen molar-refractivity contribution in [1.29, 1.82) is 0 Å². The second-order valence-corrected chi connectivity index (χ2v) is 8.20.